The van der Waals surface area contributed by atoms with E-state index >= 15 is 0 Å². The Morgan fingerprint density at radius 1 is 1.37 bits per heavy atom. The van der Waals surface area contributed by atoms with Crippen LogP contribution in [0.1, 0.15) is 25.7 Å². The second-order valence-electron chi connectivity index (χ2n) is 4.91. The van der Waals surface area contributed by atoms with Gasteiger partial charge >= 0.3 is 0 Å². The number of ether oxygens (including phenoxy) is 1. The van der Waals surface area contributed by atoms with Gasteiger partial charge in [0.2, 0.25) is 5.91 Å². The normalized spacial score (nSPS) is 23.1. The third-order valence-electron chi connectivity index (χ3n) is 3.28. The Bertz CT molecular complexity index is 431. The monoisotopic (exact) mass is 266 g/mol. The van der Waals surface area contributed by atoms with E-state index in [1.54, 1.807) is 12.1 Å². The molecule has 2 rings (SSSR count). The van der Waals surface area contributed by atoms with Gasteiger partial charge in [0.05, 0.1) is 6.10 Å². The van der Waals surface area contributed by atoms with Crippen molar-refractivity contribution < 1.29 is 13.9 Å². The Morgan fingerprint density at radius 3 is 2.79 bits per heavy atom. The van der Waals surface area contributed by atoms with Crippen LogP contribution >= 0.6 is 0 Å². The minimum atomic E-state index is -0.375. The molecule has 0 saturated heterocycles. The molecular formula is C14H19FN2O2. The number of halogens is 1. The highest BCUT2D eigenvalue weighted by Crippen LogP contribution is 2.19. The Hall–Kier alpha value is -1.46. The van der Waals surface area contributed by atoms with Crippen LogP contribution in [0.15, 0.2) is 24.3 Å². The molecule has 0 aromatic heterocycles. The highest BCUT2D eigenvalue weighted by molar-refractivity contribution is 5.91. The smallest absolute Gasteiger partial charge is 0.250 e. The molecule has 1 aromatic carbocycles. The molecule has 0 atom stereocenters. The standard InChI is InChI=1S/C14H19FN2O2/c15-10-2-1-3-12(8-10)17-14(18)9-19-13-6-4-11(16)5-7-13/h1-3,8,11,13H,4-7,9,16H2,(H,17,18). The highest BCUT2D eigenvalue weighted by atomic mass is 19.1. The van der Waals surface area contributed by atoms with Crippen molar-refractivity contribution in [1.29, 1.82) is 0 Å². The molecule has 0 radical (unpaired) electrons. The number of nitrogens with two attached hydrogens (primary N) is 1. The summed E-state index contributed by atoms with van der Waals surface area (Å²) in [6.45, 7) is -0.00355. The highest BCUT2D eigenvalue weighted by Gasteiger charge is 2.19. The lowest BCUT2D eigenvalue weighted by molar-refractivity contribution is -0.123. The zero-order chi connectivity index (χ0) is 13.7. The van der Waals surface area contributed by atoms with Gasteiger partial charge in [-0.3, -0.25) is 4.79 Å². The summed E-state index contributed by atoms with van der Waals surface area (Å²) in [7, 11) is 0. The largest absolute Gasteiger partial charge is 0.368 e. The Morgan fingerprint density at radius 2 is 2.11 bits per heavy atom. The molecule has 104 valence electrons. The van der Waals surface area contributed by atoms with Crippen molar-refractivity contribution >= 4 is 11.6 Å². The van der Waals surface area contributed by atoms with Crippen molar-refractivity contribution in [3.8, 4) is 0 Å². The first kappa shape index (κ1) is 14.0. The van der Waals surface area contributed by atoms with E-state index in [4.69, 9.17) is 10.5 Å². The molecule has 3 N–H and O–H groups in total. The van der Waals surface area contributed by atoms with Crippen molar-refractivity contribution in [2.75, 3.05) is 11.9 Å². The van der Waals surface area contributed by atoms with Gasteiger partial charge in [0.25, 0.3) is 0 Å². The lowest BCUT2D eigenvalue weighted by Crippen LogP contribution is -2.32. The summed E-state index contributed by atoms with van der Waals surface area (Å²) in [6.07, 6.45) is 3.79. The zero-order valence-corrected chi connectivity index (χ0v) is 10.8. The van der Waals surface area contributed by atoms with Gasteiger partial charge in [-0.15, -0.1) is 0 Å². The van der Waals surface area contributed by atoms with Crippen molar-refractivity contribution in [3.63, 3.8) is 0 Å². The molecule has 0 bridgehead atoms. The fourth-order valence-electron chi connectivity index (χ4n) is 2.21. The molecule has 1 saturated carbocycles. The maximum Gasteiger partial charge on any atom is 0.250 e. The Balaban J connectivity index is 1.73. The number of amides is 1. The van der Waals surface area contributed by atoms with E-state index in [2.05, 4.69) is 5.32 Å². The summed E-state index contributed by atoms with van der Waals surface area (Å²) in [5, 5.41) is 2.60. The first-order valence-electron chi connectivity index (χ1n) is 6.56. The van der Waals surface area contributed by atoms with E-state index in [0.717, 1.165) is 25.7 Å². The first-order chi connectivity index (χ1) is 9.13. The number of hydrogen-bond donors (Lipinski definition) is 2. The zero-order valence-electron chi connectivity index (χ0n) is 10.8. The van der Waals surface area contributed by atoms with E-state index in [-0.39, 0.29) is 30.5 Å². The fraction of sp³-hybridized carbons (Fsp3) is 0.500. The molecule has 5 heteroatoms. The number of anilines is 1. The number of carbonyl (C=O) groups is 1. The van der Waals surface area contributed by atoms with Crippen molar-refractivity contribution in [1.82, 2.24) is 0 Å². The molecular weight excluding hydrogens is 247 g/mol. The van der Waals surface area contributed by atoms with Gasteiger partial charge in [0.1, 0.15) is 12.4 Å². The van der Waals surface area contributed by atoms with Gasteiger partial charge in [0.15, 0.2) is 0 Å². The maximum atomic E-state index is 12.9. The molecule has 1 aliphatic rings. The van der Waals surface area contributed by atoms with Crippen molar-refractivity contribution in [3.05, 3.63) is 30.1 Å². The molecule has 0 spiro atoms. The summed E-state index contributed by atoms with van der Waals surface area (Å²) in [5.41, 5.74) is 6.24. The number of benzene rings is 1. The SMILES string of the molecule is NC1CCC(OCC(=O)Nc2cccc(F)c2)CC1. The molecule has 1 aliphatic carbocycles. The molecule has 19 heavy (non-hydrogen) atoms. The summed E-state index contributed by atoms with van der Waals surface area (Å²) < 4.78 is 18.5. The molecule has 1 amide bonds. The van der Waals surface area contributed by atoms with Crippen molar-refractivity contribution in [2.24, 2.45) is 5.73 Å². The molecule has 0 heterocycles. The lowest BCUT2D eigenvalue weighted by Gasteiger charge is -2.25. The summed E-state index contributed by atoms with van der Waals surface area (Å²) in [4.78, 5) is 11.6. The van der Waals surface area contributed by atoms with Crippen LogP contribution in [0.4, 0.5) is 10.1 Å². The van der Waals surface area contributed by atoms with Crippen LogP contribution in [0.3, 0.4) is 0 Å². The number of nitrogens with one attached hydrogen (secondary N) is 1. The van der Waals surface area contributed by atoms with Crippen LogP contribution in [0, 0.1) is 5.82 Å². The third-order valence-corrected chi connectivity index (χ3v) is 3.28. The summed E-state index contributed by atoms with van der Waals surface area (Å²) in [5.74, 6) is -0.638. The Kier molecular flexibility index (Phi) is 4.87. The average Bonchev–Trinajstić information content (AvgIpc) is 2.38. The van der Waals surface area contributed by atoms with E-state index in [1.165, 1.54) is 12.1 Å². The predicted octanol–water partition coefficient (Wildman–Crippen LogP) is 2.05. The van der Waals surface area contributed by atoms with Gasteiger partial charge < -0.3 is 15.8 Å². The minimum Gasteiger partial charge on any atom is -0.368 e. The van der Waals surface area contributed by atoms with E-state index in [9.17, 15) is 9.18 Å². The minimum absolute atomic E-state index is 0.00355. The second-order valence-corrected chi connectivity index (χ2v) is 4.91. The maximum absolute atomic E-state index is 12.9. The van der Waals surface area contributed by atoms with Crippen molar-refractivity contribution in [2.45, 2.75) is 37.8 Å². The van der Waals surface area contributed by atoms with Gasteiger partial charge in [0, 0.05) is 11.7 Å². The van der Waals surface area contributed by atoms with E-state index in [0.29, 0.717) is 5.69 Å². The van der Waals surface area contributed by atoms with Gasteiger partial charge in [-0.2, -0.15) is 0 Å². The lowest BCUT2D eigenvalue weighted by atomic mass is 9.94. The molecule has 0 aliphatic heterocycles. The van der Waals surface area contributed by atoms with E-state index < -0.39 is 0 Å². The number of rotatable bonds is 4. The Labute approximate surface area is 112 Å². The summed E-state index contributed by atoms with van der Waals surface area (Å²) >= 11 is 0. The third kappa shape index (κ3) is 4.61. The van der Waals surface area contributed by atoms with Gasteiger partial charge in [-0.25, -0.2) is 4.39 Å². The van der Waals surface area contributed by atoms with Gasteiger partial charge in [-0.1, -0.05) is 6.07 Å². The van der Waals surface area contributed by atoms with Gasteiger partial charge in [-0.05, 0) is 43.9 Å². The van der Waals surface area contributed by atoms with Crippen LogP contribution in [0.2, 0.25) is 0 Å². The van der Waals surface area contributed by atoms with E-state index in [1.807, 2.05) is 0 Å². The molecule has 1 fully saturated rings. The second kappa shape index (κ2) is 6.63. The van der Waals surface area contributed by atoms with Crippen LogP contribution in [0.25, 0.3) is 0 Å². The number of hydrogen-bond acceptors (Lipinski definition) is 3. The molecule has 1 aromatic rings. The quantitative estimate of drug-likeness (QED) is 0.876. The van der Waals surface area contributed by atoms with Crippen LogP contribution in [-0.4, -0.2) is 24.7 Å². The number of carbonyl (C=O) groups excluding carboxylic acids is 1. The van der Waals surface area contributed by atoms with Crippen LogP contribution in [0.5, 0.6) is 0 Å². The molecule has 4 nitrogen and oxygen atoms in total. The topological polar surface area (TPSA) is 64.3 Å². The first-order valence-corrected chi connectivity index (χ1v) is 6.56. The fourth-order valence-corrected chi connectivity index (χ4v) is 2.21. The molecule has 0 unspecified atom stereocenters. The van der Waals surface area contributed by atoms with Crippen LogP contribution < -0.4 is 11.1 Å². The average molecular weight is 266 g/mol. The van der Waals surface area contributed by atoms with Crippen LogP contribution in [-0.2, 0) is 9.53 Å². The summed E-state index contributed by atoms with van der Waals surface area (Å²) in [6, 6.07) is 6.06. The predicted molar refractivity (Wildman–Crippen MR) is 71.2 cm³/mol.